The Kier molecular flexibility index (Phi) is 5.14. The van der Waals surface area contributed by atoms with E-state index in [9.17, 15) is 4.79 Å². The van der Waals surface area contributed by atoms with Gasteiger partial charge in [-0.05, 0) is 49.6 Å². The molecule has 0 radical (unpaired) electrons. The predicted molar refractivity (Wildman–Crippen MR) is 104 cm³/mol. The van der Waals surface area contributed by atoms with Crippen LogP contribution in [0.3, 0.4) is 0 Å². The fourth-order valence-electron chi connectivity index (χ4n) is 3.13. The van der Waals surface area contributed by atoms with Crippen LogP contribution in [0.25, 0.3) is 0 Å². The molecule has 0 saturated heterocycles. The maximum atomic E-state index is 12.8. The molecule has 0 aromatic heterocycles. The molecule has 126 valence electrons. The maximum Gasteiger partial charge on any atom is 0.255 e. The number of hydrogen-bond acceptors (Lipinski definition) is 3. The summed E-state index contributed by atoms with van der Waals surface area (Å²) < 4.78 is 0. The van der Waals surface area contributed by atoms with Crippen LogP contribution in [0.4, 0.5) is 11.4 Å². The normalized spacial score (nSPS) is 13.5. The molecule has 0 spiro atoms. The van der Waals surface area contributed by atoms with E-state index in [0.717, 1.165) is 42.1 Å². The van der Waals surface area contributed by atoms with Crippen molar-refractivity contribution in [1.29, 1.82) is 0 Å². The minimum Gasteiger partial charge on any atom is -0.370 e. The molecule has 24 heavy (non-hydrogen) atoms. The second kappa shape index (κ2) is 7.31. The Hall–Kier alpha value is -1.94. The topological polar surface area (TPSA) is 32.3 Å². The van der Waals surface area contributed by atoms with Gasteiger partial charge in [0.15, 0.2) is 0 Å². The summed E-state index contributed by atoms with van der Waals surface area (Å²) in [7, 11) is 0. The average molecular weight is 340 g/mol. The molecule has 3 nitrogen and oxygen atoms in total. The molecule has 3 rings (SSSR count). The number of nitrogens with zero attached hydrogens (tertiary/aromatic N) is 1. The van der Waals surface area contributed by atoms with Crippen molar-refractivity contribution in [3.63, 3.8) is 0 Å². The van der Waals surface area contributed by atoms with Gasteiger partial charge in [0.05, 0.1) is 5.69 Å². The van der Waals surface area contributed by atoms with Crippen LogP contribution in [0.5, 0.6) is 0 Å². The van der Waals surface area contributed by atoms with E-state index in [0.29, 0.717) is 0 Å². The van der Waals surface area contributed by atoms with Gasteiger partial charge in [-0.1, -0.05) is 25.1 Å². The van der Waals surface area contributed by atoms with E-state index in [1.807, 2.05) is 43.0 Å². The molecule has 2 aromatic carbocycles. The first-order chi connectivity index (χ1) is 11.6. The lowest BCUT2D eigenvalue weighted by molar-refractivity contribution is 0.102. The first-order valence-corrected chi connectivity index (χ1v) is 9.54. The number of para-hydroxylation sites is 1. The summed E-state index contributed by atoms with van der Waals surface area (Å²) in [5.41, 5.74) is 5.13. The molecule has 1 amide bonds. The van der Waals surface area contributed by atoms with E-state index in [1.54, 1.807) is 0 Å². The molecule has 1 N–H and O–H groups in total. The fraction of sp³-hybridized carbons (Fsp3) is 0.350. The molecule has 1 aliphatic heterocycles. The van der Waals surface area contributed by atoms with Crippen LogP contribution in [0, 0.1) is 6.92 Å². The number of benzene rings is 2. The summed E-state index contributed by atoms with van der Waals surface area (Å²) in [6, 6.07) is 12.2. The molecule has 0 aliphatic carbocycles. The number of rotatable bonds is 4. The lowest BCUT2D eigenvalue weighted by Crippen LogP contribution is -2.29. The van der Waals surface area contributed by atoms with Crippen molar-refractivity contribution in [1.82, 2.24) is 0 Å². The summed E-state index contributed by atoms with van der Waals surface area (Å²) in [6.45, 7) is 8.32. The van der Waals surface area contributed by atoms with Crippen LogP contribution < -0.4 is 10.2 Å². The van der Waals surface area contributed by atoms with Crippen LogP contribution in [-0.2, 0) is 6.42 Å². The SMILES string of the molecule is CCc1cccc(C)c1NC(=O)c1ccc2c(c1)N(CC)CCS2. The fourth-order valence-corrected chi connectivity index (χ4v) is 4.16. The van der Waals surface area contributed by atoms with Crippen molar-refractivity contribution in [3.05, 3.63) is 53.1 Å². The smallest absolute Gasteiger partial charge is 0.255 e. The van der Waals surface area contributed by atoms with Gasteiger partial charge in [0.2, 0.25) is 0 Å². The van der Waals surface area contributed by atoms with Crippen molar-refractivity contribution in [2.45, 2.75) is 32.1 Å². The van der Waals surface area contributed by atoms with Crippen LogP contribution in [0.15, 0.2) is 41.3 Å². The number of amides is 1. The Balaban J connectivity index is 1.89. The molecular weight excluding hydrogens is 316 g/mol. The molecule has 0 bridgehead atoms. The number of aryl methyl sites for hydroxylation is 2. The number of fused-ring (bicyclic) bond motifs is 1. The second-order valence-electron chi connectivity index (χ2n) is 6.03. The Labute approximate surface area is 148 Å². The molecule has 0 saturated carbocycles. The van der Waals surface area contributed by atoms with E-state index < -0.39 is 0 Å². The van der Waals surface area contributed by atoms with Crippen molar-refractivity contribution in [2.24, 2.45) is 0 Å². The second-order valence-corrected chi connectivity index (χ2v) is 7.16. The highest BCUT2D eigenvalue weighted by atomic mass is 32.2. The van der Waals surface area contributed by atoms with E-state index in [2.05, 4.69) is 36.2 Å². The standard InChI is InChI=1S/C20H24N2OS/c1-4-15-8-6-7-14(3)19(15)21-20(23)16-9-10-18-17(13-16)22(5-2)11-12-24-18/h6-10,13H,4-5,11-12H2,1-3H3,(H,21,23). The lowest BCUT2D eigenvalue weighted by atomic mass is 10.1. The quantitative estimate of drug-likeness (QED) is 0.872. The van der Waals surface area contributed by atoms with Crippen LogP contribution in [-0.4, -0.2) is 24.7 Å². The van der Waals surface area contributed by atoms with Gasteiger partial charge in [0.25, 0.3) is 5.91 Å². The molecule has 2 aromatic rings. The lowest BCUT2D eigenvalue weighted by Gasteiger charge is -2.30. The number of carbonyl (C=O) groups excluding carboxylic acids is 1. The Morgan fingerprint density at radius 1 is 1.25 bits per heavy atom. The maximum absolute atomic E-state index is 12.8. The van der Waals surface area contributed by atoms with Gasteiger partial charge in [0.1, 0.15) is 0 Å². The number of thioether (sulfide) groups is 1. The number of hydrogen-bond donors (Lipinski definition) is 1. The number of anilines is 2. The zero-order chi connectivity index (χ0) is 17.1. The van der Waals surface area contributed by atoms with Crippen LogP contribution >= 0.6 is 11.8 Å². The van der Waals surface area contributed by atoms with Gasteiger partial charge in [-0.25, -0.2) is 0 Å². The molecule has 0 unspecified atom stereocenters. The van der Waals surface area contributed by atoms with Crippen molar-refractivity contribution >= 4 is 29.0 Å². The first kappa shape index (κ1) is 16.9. The minimum absolute atomic E-state index is 0.0339. The third kappa shape index (κ3) is 3.29. The molecule has 1 heterocycles. The third-order valence-electron chi connectivity index (χ3n) is 4.54. The van der Waals surface area contributed by atoms with Crippen LogP contribution in [0.1, 0.15) is 35.3 Å². The van der Waals surface area contributed by atoms with Gasteiger partial charge in [-0.15, -0.1) is 11.8 Å². The molecule has 0 atom stereocenters. The third-order valence-corrected chi connectivity index (χ3v) is 5.58. The highest BCUT2D eigenvalue weighted by Gasteiger charge is 2.19. The number of carbonyl (C=O) groups is 1. The van der Waals surface area contributed by atoms with Crippen molar-refractivity contribution < 1.29 is 4.79 Å². The van der Waals surface area contributed by atoms with E-state index in [-0.39, 0.29) is 5.91 Å². The molecular formula is C20H24N2OS. The zero-order valence-corrected chi connectivity index (χ0v) is 15.4. The summed E-state index contributed by atoms with van der Waals surface area (Å²) in [5, 5.41) is 3.12. The van der Waals surface area contributed by atoms with Gasteiger partial charge >= 0.3 is 0 Å². The molecule has 0 fully saturated rings. The summed E-state index contributed by atoms with van der Waals surface area (Å²) >= 11 is 1.87. The average Bonchev–Trinajstić information content (AvgIpc) is 2.62. The van der Waals surface area contributed by atoms with Gasteiger partial charge in [-0.3, -0.25) is 4.79 Å². The van der Waals surface area contributed by atoms with Gasteiger partial charge in [-0.2, -0.15) is 0 Å². The largest absolute Gasteiger partial charge is 0.370 e. The minimum atomic E-state index is -0.0339. The van der Waals surface area contributed by atoms with E-state index >= 15 is 0 Å². The highest BCUT2D eigenvalue weighted by molar-refractivity contribution is 7.99. The monoisotopic (exact) mass is 340 g/mol. The van der Waals surface area contributed by atoms with Gasteiger partial charge in [0, 0.05) is 35.0 Å². The Morgan fingerprint density at radius 3 is 2.83 bits per heavy atom. The van der Waals surface area contributed by atoms with E-state index in [4.69, 9.17) is 0 Å². The zero-order valence-electron chi connectivity index (χ0n) is 14.6. The summed E-state index contributed by atoms with van der Waals surface area (Å²) in [4.78, 5) is 16.4. The summed E-state index contributed by atoms with van der Waals surface area (Å²) in [6.07, 6.45) is 0.904. The Morgan fingerprint density at radius 2 is 2.08 bits per heavy atom. The number of nitrogens with one attached hydrogen (secondary N) is 1. The highest BCUT2D eigenvalue weighted by Crippen LogP contribution is 2.35. The van der Waals surface area contributed by atoms with Gasteiger partial charge < -0.3 is 10.2 Å². The molecule has 4 heteroatoms. The first-order valence-electron chi connectivity index (χ1n) is 8.55. The van der Waals surface area contributed by atoms with E-state index in [1.165, 1.54) is 16.1 Å². The molecule has 1 aliphatic rings. The predicted octanol–water partition coefficient (Wildman–Crippen LogP) is 4.74. The summed E-state index contributed by atoms with van der Waals surface area (Å²) in [5.74, 6) is 1.07. The van der Waals surface area contributed by atoms with Crippen molar-refractivity contribution in [2.75, 3.05) is 29.1 Å². The Bertz CT molecular complexity index is 757. The van der Waals surface area contributed by atoms with Crippen LogP contribution in [0.2, 0.25) is 0 Å². The van der Waals surface area contributed by atoms with Crippen molar-refractivity contribution in [3.8, 4) is 0 Å².